The maximum Gasteiger partial charge on any atom is 0.138 e. The molecule has 3 aromatic heterocycles. The summed E-state index contributed by atoms with van der Waals surface area (Å²) in [6.45, 7) is 0. The van der Waals surface area contributed by atoms with Crippen LogP contribution < -0.4 is 0 Å². The van der Waals surface area contributed by atoms with Gasteiger partial charge in [-0.3, -0.25) is 4.57 Å². The largest absolute Gasteiger partial charge is 0.307 e. The molecule has 0 fully saturated rings. The molecule has 3 heteroatoms. The van der Waals surface area contributed by atoms with Crippen LogP contribution in [0.4, 0.5) is 0 Å². The van der Waals surface area contributed by atoms with Crippen LogP contribution in [0.1, 0.15) is 0 Å². The predicted molar refractivity (Wildman–Crippen MR) is 184 cm³/mol. The summed E-state index contributed by atoms with van der Waals surface area (Å²) in [5, 5.41) is 4.90. The number of fused-ring (bicyclic) bond motifs is 7. The third kappa shape index (κ3) is 3.73. The second-order valence-corrected chi connectivity index (χ2v) is 11.2. The Labute approximate surface area is 254 Å². The maximum absolute atomic E-state index is 5.34. The number of hydrogen-bond acceptors (Lipinski definition) is 1. The minimum Gasteiger partial charge on any atom is -0.307 e. The van der Waals surface area contributed by atoms with E-state index in [0.29, 0.717) is 0 Å². The quantitative estimate of drug-likeness (QED) is 0.210. The summed E-state index contributed by atoms with van der Waals surface area (Å²) in [6.07, 6.45) is 0. The Balaban J connectivity index is 1.36. The number of benzene rings is 6. The molecule has 0 unspecified atom stereocenters. The standard InChI is InChI=1S/C41H27N3/c1-3-13-28(14-4-1)29-15-11-16-30(27-29)36-21-12-24-39(42-36)44-38-23-10-8-20-33(38)35-26-25-34-32-19-7-9-22-37(32)43(40(34)41(35)44)31-17-5-2-6-18-31/h1-27H. The van der Waals surface area contributed by atoms with E-state index in [1.807, 2.05) is 0 Å². The highest BCUT2D eigenvalue weighted by Crippen LogP contribution is 2.41. The summed E-state index contributed by atoms with van der Waals surface area (Å²) in [4.78, 5) is 5.34. The van der Waals surface area contributed by atoms with Gasteiger partial charge in [-0.05, 0) is 53.6 Å². The van der Waals surface area contributed by atoms with Crippen molar-refractivity contribution in [2.45, 2.75) is 0 Å². The van der Waals surface area contributed by atoms with Gasteiger partial charge in [0, 0.05) is 32.8 Å². The lowest BCUT2D eigenvalue weighted by molar-refractivity contribution is 1.08. The van der Waals surface area contributed by atoms with Crippen LogP contribution in [-0.2, 0) is 0 Å². The van der Waals surface area contributed by atoms with Gasteiger partial charge in [0.25, 0.3) is 0 Å². The molecule has 0 aliphatic heterocycles. The van der Waals surface area contributed by atoms with Gasteiger partial charge in [0.15, 0.2) is 0 Å². The highest BCUT2D eigenvalue weighted by molar-refractivity contribution is 6.23. The fraction of sp³-hybridized carbons (Fsp3) is 0. The van der Waals surface area contributed by atoms with Gasteiger partial charge >= 0.3 is 0 Å². The fourth-order valence-corrected chi connectivity index (χ4v) is 6.78. The van der Waals surface area contributed by atoms with Crippen molar-refractivity contribution in [2.24, 2.45) is 0 Å². The van der Waals surface area contributed by atoms with E-state index >= 15 is 0 Å². The van der Waals surface area contributed by atoms with Gasteiger partial charge in [0.1, 0.15) is 5.82 Å². The lowest BCUT2D eigenvalue weighted by atomic mass is 10.0. The number of hydrogen-bond donors (Lipinski definition) is 0. The smallest absolute Gasteiger partial charge is 0.138 e. The molecule has 206 valence electrons. The van der Waals surface area contributed by atoms with E-state index in [9.17, 15) is 0 Å². The molecule has 0 radical (unpaired) electrons. The van der Waals surface area contributed by atoms with E-state index in [0.717, 1.165) is 33.8 Å². The Morgan fingerprint density at radius 1 is 0.364 bits per heavy atom. The predicted octanol–water partition coefficient (Wildman–Crippen LogP) is 10.6. The first-order valence-electron chi connectivity index (χ1n) is 15.0. The molecule has 0 aliphatic carbocycles. The maximum atomic E-state index is 5.34. The minimum atomic E-state index is 0.899. The number of para-hydroxylation sites is 3. The lowest BCUT2D eigenvalue weighted by Crippen LogP contribution is -2.01. The van der Waals surface area contributed by atoms with Crippen molar-refractivity contribution in [2.75, 3.05) is 0 Å². The van der Waals surface area contributed by atoms with E-state index in [1.54, 1.807) is 0 Å². The van der Waals surface area contributed by atoms with Crippen molar-refractivity contribution < 1.29 is 0 Å². The third-order valence-electron chi connectivity index (χ3n) is 8.71. The molecule has 9 aromatic rings. The average molecular weight is 562 g/mol. The Hall–Kier alpha value is -5.93. The molecule has 0 amide bonds. The first-order valence-corrected chi connectivity index (χ1v) is 15.0. The Morgan fingerprint density at radius 3 is 1.64 bits per heavy atom. The van der Waals surface area contributed by atoms with Gasteiger partial charge < -0.3 is 4.57 Å². The van der Waals surface area contributed by atoms with Crippen molar-refractivity contribution in [3.05, 3.63) is 164 Å². The third-order valence-corrected chi connectivity index (χ3v) is 8.71. The topological polar surface area (TPSA) is 22.8 Å². The zero-order valence-electron chi connectivity index (χ0n) is 23.9. The Kier molecular flexibility index (Phi) is 5.50. The van der Waals surface area contributed by atoms with Gasteiger partial charge in [0.05, 0.1) is 27.8 Å². The molecule has 6 aromatic carbocycles. The molecule has 3 nitrogen and oxygen atoms in total. The zero-order chi connectivity index (χ0) is 29.0. The van der Waals surface area contributed by atoms with E-state index < -0.39 is 0 Å². The second-order valence-electron chi connectivity index (χ2n) is 11.2. The first-order chi connectivity index (χ1) is 21.8. The summed E-state index contributed by atoms with van der Waals surface area (Å²) in [7, 11) is 0. The Morgan fingerprint density at radius 2 is 0.909 bits per heavy atom. The summed E-state index contributed by atoms with van der Waals surface area (Å²) >= 11 is 0. The fourth-order valence-electron chi connectivity index (χ4n) is 6.78. The lowest BCUT2D eigenvalue weighted by Gasteiger charge is -2.13. The molecule has 0 aliphatic rings. The SMILES string of the molecule is c1ccc(-c2cccc(-c3cccc(-n4c5ccccc5c5ccc6c7ccccc7n(-c7ccccc7)c6c54)n3)c2)cc1. The summed E-state index contributed by atoms with van der Waals surface area (Å²) in [6, 6.07) is 58.2. The van der Waals surface area contributed by atoms with Crippen LogP contribution in [0.3, 0.4) is 0 Å². The molecule has 44 heavy (non-hydrogen) atoms. The van der Waals surface area contributed by atoms with Crippen LogP contribution in [0.25, 0.3) is 77.5 Å². The molecular formula is C41H27N3. The van der Waals surface area contributed by atoms with Gasteiger partial charge in [-0.2, -0.15) is 0 Å². The van der Waals surface area contributed by atoms with Gasteiger partial charge in [-0.25, -0.2) is 4.98 Å². The molecule has 0 saturated carbocycles. The van der Waals surface area contributed by atoms with E-state index in [-0.39, 0.29) is 0 Å². The summed E-state index contributed by atoms with van der Waals surface area (Å²) in [5.74, 6) is 0.899. The van der Waals surface area contributed by atoms with E-state index in [2.05, 4.69) is 173 Å². The first kappa shape index (κ1) is 24.6. The zero-order valence-corrected chi connectivity index (χ0v) is 23.9. The van der Waals surface area contributed by atoms with Crippen molar-refractivity contribution in [1.82, 2.24) is 14.1 Å². The molecule has 0 spiro atoms. The van der Waals surface area contributed by atoms with Crippen LogP contribution in [0.15, 0.2) is 164 Å². The highest BCUT2D eigenvalue weighted by atomic mass is 15.1. The van der Waals surface area contributed by atoms with Gasteiger partial charge in [0.2, 0.25) is 0 Å². The van der Waals surface area contributed by atoms with E-state index in [4.69, 9.17) is 4.98 Å². The van der Waals surface area contributed by atoms with Crippen LogP contribution in [0, 0.1) is 0 Å². The monoisotopic (exact) mass is 561 g/mol. The molecule has 0 N–H and O–H groups in total. The molecular weight excluding hydrogens is 534 g/mol. The molecule has 9 rings (SSSR count). The number of pyridine rings is 1. The highest BCUT2D eigenvalue weighted by Gasteiger charge is 2.21. The van der Waals surface area contributed by atoms with Gasteiger partial charge in [-0.15, -0.1) is 0 Å². The number of rotatable bonds is 4. The van der Waals surface area contributed by atoms with Crippen molar-refractivity contribution in [3.63, 3.8) is 0 Å². The van der Waals surface area contributed by atoms with Crippen LogP contribution in [-0.4, -0.2) is 14.1 Å². The molecule has 0 saturated heterocycles. The summed E-state index contributed by atoms with van der Waals surface area (Å²) in [5.41, 5.74) is 10.2. The molecule has 0 bridgehead atoms. The normalized spacial score (nSPS) is 11.6. The van der Waals surface area contributed by atoms with Crippen LogP contribution >= 0.6 is 0 Å². The summed E-state index contributed by atoms with van der Waals surface area (Å²) < 4.78 is 4.77. The molecule has 0 atom stereocenters. The van der Waals surface area contributed by atoms with Crippen molar-refractivity contribution in [1.29, 1.82) is 0 Å². The second kappa shape index (κ2) is 9.82. The van der Waals surface area contributed by atoms with Crippen molar-refractivity contribution >= 4 is 43.6 Å². The van der Waals surface area contributed by atoms with Gasteiger partial charge in [-0.1, -0.05) is 121 Å². The Bertz CT molecular complexity index is 2480. The average Bonchev–Trinajstić information content (AvgIpc) is 3.62. The van der Waals surface area contributed by atoms with Crippen LogP contribution in [0.5, 0.6) is 0 Å². The van der Waals surface area contributed by atoms with Crippen LogP contribution in [0.2, 0.25) is 0 Å². The number of aromatic nitrogens is 3. The number of nitrogens with zero attached hydrogens (tertiary/aromatic N) is 3. The van der Waals surface area contributed by atoms with Crippen molar-refractivity contribution in [3.8, 4) is 33.9 Å². The molecule has 3 heterocycles. The minimum absolute atomic E-state index is 0.899. The van der Waals surface area contributed by atoms with E-state index in [1.165, 1.54) is 43.7 Å².